The molecule has 2 aromatic rings. The third-order valence-corrected chi connectivity index (χ3v) is 3.89. The Balaban J connectivity index is 0.00000288. The molecule has 0 aliphatic carbocycles. The van der Waals surface area contributed by atoms with Crippen molar-refractivity contribution in [2.45, 2.75) is 26.4 Å². The number of nitrogens with one attached hydrogen (secondary N) is 2. The zero-order valence-electron chi connectivity index (χ0n) is 13.9. The van der Waals surface area contributed by atoms with Crippen molar-refractivity contribution in [3.63, 3.8) is 0 Å². The van der Waals surface area contributed by atoms with Gasteiger partial charge in [0.1, 0.15) is 5.01 Å². The highest BCUT2D eigenvalue weighted by Crippen LogP contribution is 2.03. The number of guanidine groups is 1. The molecule has 0 fully saturated rings. The zero-order chi connectivity index (χ0) is 16.2. The molecule has 2 N–H and O–H groups in total. The molecule has 0 aliphatic heterocycles. The molecule has 0 aliphatic rings. The van der Waals surface area contributed by atoms with Gasteiger partial charge in [-0.05, 0) is 18.9 Å². The van der Waals surface area contributed by atoms with E-state index in [-0.39, 0.29) is 24.0 Å². The monoisotopic (exact) mass is 460 g/mol. The Morgan fingerprint density at radius 3 is 2.79 bits per heavy atom. The lowest BCUT2D eigenvalue weighted by atomic mass is 10.2. The van der Waals surface area contributed by atoms with Crippen LogP contribution in [0, 0.1) is 0 Å². The van der Waals surface area contributed by atoms with Crippen LogP contribution in [0.2, 0.25) is 0 Å². The quantitative estimate of drug-likeness (QED) is 0.261. The topological polar surface area (TPSA) is 58.5 Å². The summed E-state index contributed by atoms with van der Waals surface area (Å²) in [7, 11) is 0. The van der Waals surface area contributed by atoms with Crippen LogP contribution in [0.3, 0.4) is 0 Å². The molecule has 24 heavy (non-hydrogen) atoms. The van der Waals surface area contributed by atoms with Crippen LogP contribution in [0.1, 0.15) is 23.9 Å². The molecule has 0 unspecified atom stereocenters. The number of ether oxygens (including phenoxy) is 1. The smallest absolute Gasteiger partial charge is 0.191 e. The fraction of sp³-hybridized carbons (Fsp3) is 0.412. The average molecular weight is 460 g/mol. The van der Waals surface area contributed by atoms with Gasteiger partial charge >= 0.3 is 0 Å². The molecule has 5 nitrogen and oxygen atoms in total. The predicted molar refractivity (Wildman–Crippen MR) is 111 cm³/mol. The molecule has 7 heteroatoms. The van der Waals surface area contributed by atoms with Gasteiger partial charge in [0, 0.05) is 31.3 Å². The van der Waals surface area contributed by atoms with E-state index in [0.717, 1.165) is 37.1 Å². The molecule has 0 saturated heterocycles. The van der Waals surface area contributed by atoms with Crippen LogP contribution < -0.4 is 10.6 Å². The number of benzene rings is 1. The van der Waals surface area contributed by atoms with Gasteiger partial charge in [0.2, 0.25) is 0 Å². The second-order valence-corrected chi connectivity index (χ2v) is 5.89. The molecule has 0 spiro atoms. The maximum absolute atomic E-state index is 5.35. The fourth-order valence-corrected chi connectivity index (χ4v) is 2.51. The van der Waals surface area contributed by atoms with E-state index in [1.807, 2.05) is 36.7 Å². The van der Waals surface area contributed by atoms with Crippen molar-refractivity contribution in [3.8, 4) is 0 Å². The lowest BCUT2D eigenvalue weighted by Crippen LogP contribution is -2.37. The van der Waals surface area contributed by atoms with Crippen molar-refractivity contribution in [2.75, 3.05) is 19.8 Å². The molecule has 1 aromatic heterocycles. The predicted octanol–water partition coefficient (Wildman–Crippen LogP) is 3.42. The maximum atomic E-state index is 5.35. The first-order chi connectivity index (χ1) is 11.4. The Labute approximate surface area is 165 Å². The highest BCUT2D eigenvalue weighted by Gasteiger charge is 2.01. The van der Waals surface area contributed by atoms with Gasteiger partial charge in [-0.25, -0.2) is 9.98 Å². The molecule has 1 heterocycles. The highest BCUT2D eigenvalue weighted by atomic mass is 127. The van der Waals surface area contributed by atoms with E-state index in [2.05, 4.69) is 32.7 Å². The standard InChI is InChI=1S/C17H24N4OS.HI/c1-2-22-11-6-9-19-17(21-14-16-18-10-12-23-16)20-13-15-7-4-3-5-8-15;/h3-5,7-8,10,12H,2,6,9,11,13-14H2,1H3,(H2,19,20,21);1H. The Morgan fingerprint density at radius 2 is 2.08 bits per heavy atom. The van der Waals surface area contributed by atoms with Crippen molar-refractivity contribution >= 4 is 41.3 Å². The van der Waals surface area contributed by atoms with E-state index in [0.29, 0.717) is 13.1 Å². The molecule has 1 aromatic carbocycles. The first kappa shape index (κ1) is 20.9. The van der Waals surface area contributed by atoms with Gasteiger partial charge in [0.25, 0.3) is 0 Å². The second-order valence-electron chi connectivity index (χ2n) is 4.91. The van der Waals surface area contributed by atoms with Crippen LogP contribution in [0.25, 0.3) is 0 Å². The van der Waals surface area contributed by atoms with E-state index in [4.69, 9.17) is 4.74 Å². The van der Waals surface area contributed by atoms with Crippen LogP contribution in [0.15, 0.2) is 46.9 Å². The zero-order valence-corrected chi connectivity index (χ0v) is 17.1. The van der Waals surface area contributed by atoms with E-state index in [1.165, 1.54) is 5.56 Å². The van der Waals surface area contributed by atoms with Gasteiger partial charge < -0.3 is 15.4 Å². The van der Waals surface area contributed by atoms with E-state index in [1.54, 1.807) is 11.3 Å². The normalized spacial score (nSPS) is 11.0. The molecular formula is C17H25IN4OS. The molecule has 0 amide bonds. The number of hydrogen-bond donors (Lipinski definition) is 2. The van der Waals surface area contributed by atoms with Gasteiger partial charge in [0.05, 0.1) is 13.1 Å². The Kier molecular flexibility index (Phi) is 11.4. The number of nitrogens with zero attached hydrogens (tertiary/aromatic N) is 2. The van der Waals surface area contributed by atoms with Crippen molar-refractivity contribution in [1.29, 1.82) is 0 Å². The number of aliphatic imine (C=N–C) groups is 1. The summed E-state index contributed by atoms with van der Waals surface area (Å²) in [6, 6.07) is 10.2. The van der Waals surface area contributed by atoms with Gasteiger partial charge in [-0.15, -0.1) is 35.3 Å². The summed E-state index contributed by atoms with van der Waals surface area (Å²) in [5.74, 6) is 0.806. The first-order valence-electron chi connectivity index (χ1n) is 7.90. The van der Waals surface area contributed by atoms with Crippen LogP contribution in [-0.2, 0) is 17.8 Å². The largest absolute Gasteiger partial charge is 0.382 e. The SMILES string of the molecule is CCOCCCNC(=NCc1ccccc1)NCc1nccs1.I. The molecule has 2 rings (SSSR count). The van der Waals surface area contributed by atoms with Gasteiger partial charge in [0.15, 0.2) is 5.96 Å². The van der Waals surface area contributed by atoms with Crippen molar-refractivity contribution < 1.29 is 4.74 Å². The lowest BCUT2D eigenvalue weighted by Gasteiger charge is -2.12. The number of thiazole rings is 1. The number of halogens is 1. The minimum Gasteiger partial charge on any atom is -0.382 e. The summed E-state index contributed by atoms with van der Waals surface area (Å²) in [4.78, 5) is 8.92. The third-order valence-electron chi connectivity index (χ3n) is 3.12. The van der Waals surface area contributed by atoms with Gasteiger partial charge in [-0.3, -0.25) is 0 Å². The number of hydrogen-bond acceptors (Lipinski definition) is 4. The number of aromatic nitrogens is 1. The molecule has 0 atom stereocenters. The molecule has 0 bridgehead atoms. The van der Waals surface area contributed by atoms with Crippen molar-refractivity contribution in [2.24, 2.45) is 4.99 Å². The summed E-state index contributed by atoms with van der Waals surface area (Å²) in [6.45, 7) is 5.71. The summed E-state index contributed by atoms with van der Waals surface area (Å²) in [6.07, 6.45) is 2.77. The van der Waals surface area contributed by atoms with E-state index >= 15 is 0 Å². The lowest BCUT2D eigenvalue weighted by molar-refractivity contribution is 0.145. The summed E-state index contributed by atoms with van der Waals surface area (Å²) in [5, 5.41) is 9.71. The van der Waals surface area contributed by atoms with Crippen molar-refractivity contribution in [1.82, 2.24) is 15.6 Å². The number of rotatable bonds is 9. The summed E-state index contributed by atoms with van der Waals surface area (Å²) in [5.41, 5.74) is 1.19. The first-order valence-corrected chi connectivity index (χ1v) is 8.78. The van der Waals surface area contributed by atoms with Crippen LogP contribution in [0.5, 0.6) is 0 Å². The van der Waals surface area contributed by atoms with E-state index < -0.39 is 0 Å². The van der Waals surface area contributed by atoms with E-state index in [9.17, 15) is 0 Å². The second kappa shape index (κ2) is 13.1. The Morgan fingerprint density at radius 1 is 1.25 bits per heavy atom. The third kappa shape index (κ3) is 8.60. The van der Waals surface area contributed by atoms with Crippen molar-refractivity contribution in [3.05, 3.63) is 52.5 Å². The molecule has 132 valence electrons. The Hall–Kier alpha value is -1.19. The summed E-state index contributed by atoms with van der Waals surface area (Å²) >= 11 is 1.64. The average Bonchev–Trinajstić information content (AvgIpc) is 3.11. The fourth-order valence-electron chi connectivity index (χ4n) is 1.95. The molecule has 0 radical (unpaired) electrons. The Bertz CT molecular complexity index is 563. The van der Waals surface area contributed by atoms with Crippen LogP contribution in [-0.4, -0.2) is 30.7 Å². The van der Waals surface area contributed by atoms with Crippen LogP contribution >= 0.6 is 35.3 Å². The summed E-state index contributed by atoms with van der Waals surface area (Å²) < 4.78 is 5.35. The molecule has 0 saturated carbocycles. The molecular weight excluding hydrogens is 435 g/mol. The maximum Gasteiger partial charge on any atom is 0.191 e. The minimum atomic E-state index is 0. The van der Waals surface area contributed by atoms with Crippen LogP contribution in [0.4, 0.5) is 0 Å². The highest BCUT2D eigenvalue weighted by molar-refractivity contribution is 14.0. The minimum absolute atomic E-state index is 0. The van der Waals surface area contributed by atoms with Gasteiger partial charge in [-0.1, -0.05) is 30.3 Å². The van der Waals surface area contributed by atoms with Gasteiger partial charge in [-0.2, -0.15) is 0 Å².